The van der Waals surface area contributed by atoms with Crippen molar-refractivity contribution in [1.82, 2.24) is 15.0 Å². The molecule has 1 N–H and O–H groups in total. The zero-order valence-corrected chi connectivity index (χ0v) is 8.72. The first-order valence-electron chi connectivity index (χ1n) is 3.61. The molecule has 5 nitrogen and oxygen atoms in total. The smallest absolute Gasteiger partial charge is 0.365 e. The van der Waals surface area contributed by atoms with Crippen molar-refractivity contribution in [2.45, 2.75) is 5.16 Å². The minimum Gasteiger partial charge on any atom is -0.476 e. The van der Waals surface area contributed by atoms with Crippen molar-refractivity contribution in [2.24, 2.45) is 0 Å². The first-order chi connectivity index (χ1) is 6.70. The molecule has 0 aliphatic rings. The van der Waals surface area contributed by atoms with Gasteiger partial charge in [-0.3, -0.25) is 0 Å². The summed E-state index contributed by atoms with van der Waals surface area (Å²) in [6.07, 6.45) is 3.40. The maximum atomic E-state index is 10.6. The minimum atomic E-state index is -1.03. The Balaban J connectivity index is 2.60. The van der Waals surface area contributed by atoms with Gasteiger partial charge in [-0.05, 0) is 6.26 Å². The molecule has 0 bridgehead atoms. The summed E-state index contributed by atoms with van der Waals surface area (Å²) in [5.41, 5.74) is 0.533. The van der Waals surface area contributed by atoms with Crippen molar-refractivity contribution >= 4 is 39.4 Å². The largest absolute Gasteiger partial charge is 0.476 e. The third-order valence-corrected chi connectivity index (χ3v) is 3.01. The van der Waals surface area contributed by atoms with Crippen LogP contribution in [0.15, 0.2) is 11.4 Å². The third kappa shape index (κ3) is 1.55. The molecule has 0 radical (unpaired) electrons. The van der Waals surface area contributed by atoms with Gasteiger partial charge in [0.05, 0.1) is 6.20 Å². The van der Waals surface area contributed by atoms with Gasteiger partial charge >= 0.3 is 5.97 Å². The summed E-state index contributed by atoms with van der Waals surface area (Å²) in [5.74, 6) is -1.03. The Kier molecular flexibility index (Phi) is 2.34. The molecule has 2 heterocycles. The molecule has 72 valence electrons. The van der Waals surface area contributed by atoms with Crippen molar-refractivity contribution in [1.29, 1.82) is 0 Å². The summed E-state index contributed by atoms with van der Waals surface area (Å²) < 4.78 is 0. The second-order valence-electron chi connectivity index (χ2n) is 2.37. The molecule has 0 aromatic carbocycles. The molecule has 2 rings (SSSR count). The topological polar surface area (TPSA) is 76.0 Å². The van der Waals surface area contributed by atoms with Crippen molar-refractivity contribution in [3.05, 3.63) is 11.2 Å². The number of aromatic nitrogens is 3. The molecule has 0 spiro atoms. The number of nitrogens with zero attached hydrogens (tertiary/aromatic N) is 3. The third-order valence-electron chi connectivity index (χ3n) is 1.49. The molecule has 2 aromatic heterocycles. The van der Waals surface area contributed by atoms with Crippen molar-refractivity contribution in [3.8, 4) is 0 Å². The van der Waals surface area contributed by atoms with E-state index in [-0.39, 0.29) is 5.01 Å². The monoisotopic (exact) mass is 227 g/mol. The lowest BCUT2D eigenvalue weighted by Crippen LogP contribution is -1.93. The fourth-order valence-electron chi connectivity index (χ4n) is 0.910. The summed E-state index contributed by atoms with van der Waals surface area (Å²) in [7, 11) is 0. The summed E-state index contributed by atoms with van der Waals surface area (Å²) in [5, 5.41) is 9.38. The van der Waals surface area contributed by atoms with Crippen molar-refractivity contribution in [3.63, 3.8) is 0 Å². The number of hydrogen-bond donors (Lipinski definition) is 1. The molecular formula is C7H5N3O2S2. The highest BCUT2D eigenvalue weighted by molar-refractivity contribution is 7.98. The van der Waals surface area contributed by atoms with Gasteiger partial charge in [0.2, 0.25) is 5.01 Å². The number of fused-ring (bicyclic) bond motifs is 1. The number of carboxylic acid groups (broad SMARTS) is 1. The van der Waals surface area contributed by atoms with Crippen LogP contribution in [0.1, 0.15) is 9.80 Å². The summed E-state index contributed by atoms with van der Waals surface area (Å²) in [4.78, 5) is 23.2. The highest BCUT2D eigenvalue weighted by Crippen LogP contribution is 2.21. The Hall–Kier alpha value is -1.21. The van der Waals surface area contributed by atoms with Crippen LogP contribution < -0.4 is 0 Å². The summed E-state index contributed by atoms with van der Waals surface area (Å²) in [6.45, 7) is 0. The molecule has 0 aliphatic heterocycles. The number of thiazole rings is 1. The molecule has 0 amide bonds. The van der Waals surface area contributed by atoms with E-state index in [1.54, 1.807) is 0 Å². The summed E-state index contributed by atoms with van der Waals surface area (Å²) >= 11 is 2.47. The van der Waals surface area contributed by atoms with Gasteiger partial charge in [-0.25, -0.2) is 19.7 Å². The number of rotatable bonds is 2. The van der Waals surface area contributed by atoms with Crippen LogP contribution in [-0.4, -0.2) is 32.3 Å². The number of thioether (sulfide) groups is 1. The molecule has 0 aliphatic carbocycles. The lowest BCUT2D eigenvalue weighted by molar-refractivity contribution is 0.0696. The van der Waals surface area contributed by atoms with E-state index in [0.29, 0.717) is 15.5 Å². The first-order valence-corrected chi connectivity index (χ1v) is 5.65. The molecule has 7 heteroatoms. The van der Waals surface area contributed by atoms with Crippen LogP contribution in [-0.2, 0) is 0 Å². The Morgan fingerprint density at radius 1 is 1.57 bits per heavy atom. The number of carboxylic acids is 1. The molecule has 0 saturated heterocycles. The number of hydrogen-bond acceptors (Lipinski definition) is 6. The zero-order chi connectivity index (χ0) is 10.1. The van der Waals surface area contributed by atoms with E-state index in [0.717, 1.165) is 11.3 Å². The van der Waals surface area contributed by atoms with E-state index >= 15 is 0 Å². The van der Waals surface area contributed by atoms with Gasteiger partial charge in [-0.2, -0.15) is 0 Å². The highest BCUT2D eigenvalue weighted by atomic mass is 32.2. The van der Waals surface area contributed by atoms with Crippen LogP contribution in [0.25, 0.3) is 10.3 Å². The van der Waals surface area contributed by atoms with Gasteiger partial charge in [0.25, 0.3) is 0 Å². The zero-order valence-electron chi connectivity index (χ0n) is 7.09. The maximum Gasteiger partial charge on any atom is 0.365 e. The van der Waals surface area contributed by atoms with E-state index in [1.807, 2.05) is 6.26 Å². The van der Waals surface area contributed by atoms with Gasteiger partial charge in [0.15, 0.2) is 5.16 Å². The molecular weight excluding hydrogens is 222 g/mol. The predicted octanol–water partition coefficient (Wildman–Crippen LogP) is 1.51. The molecule has 0 unspecified atom stereocenters. The first kappa shape index (κ1) is 9.35. The van der Waals surface area contributed by atoms with E-state index in [4.69, 9.17) is 5.11 Å². The van der Waals surface area contributed by atoms with Gasteiger partial charge in [0, 0.05) is 0 Å². The number of aromatic carboxylic acids is 1. The van der Waals surface area contributed by atoms with E-state index < -0.39 is 5.97 Å². The molecule has 2 aromatic rings. The van der Waals surface area contributed by atoms with Crippen LogP contribution in [0.2, 0.25) is 0 Å². The molecule has 0 saturated carbocycles. The van der Waals surface area contributed by atoms with E-state index in [2.05, 4.69) is 15.0 Å². The average Bonchev–Trinajstić information content (AvgIpc) is 2.59. The van der Waals surface area contributed by atoms with Gasteiger partial charge in [0.1, 0.15) is 10.3 Å². The van der Waals surface area contributed by atoms with E-state index in [9.17, 15) is 4.79 Å². The SMILES string of the molecule is CSc1ncc2nc(C(=O)O)sc2n1. The normalized spacial score (nSPS) is 10.6. The predicted molar refractivity (Wildman–Crippen MR) is 54.0 cm³/mol. The lowest BCUT2D eigenvalue weighted by Gasteiger charge is -1.90. The highest BCUT2D eigenvalue weighted by Gasteiger charge is 2.11. The summed E-state index contributed by atoms with van der Waals surface area (Å²) in [6, 6.07) is 0. The number of carbonyl (C=O) groups is 1. The fourth-order valence-corrected chi connectivity index (χ4v) is 2.06. The average molecular weight is 227 g/mol. The van der Waals surface area contributed by atoms with Gasteiger partial charge in [-0.1, -0.05) is 23.1 Å². The Bertz CT molecular complexity index is 497. The molecule has 14 heavy (non-hydrogen) atoms. The van der Waals surface area contributed by atoms with Crippen molar-refractivity contribution in [2.75, 3.05) is 6.26 Å². The van der Waals surface area contributed by atoms with Crippen LogP contribution in [0, 0.1) is 0 Å². The Morgan fingerprint density at radius 3 is 3.00 bits per heavy atom. The lowest BCUT2D eigenvalue weighted by atomic mass is 10.6. The van der Waals surface area contributed by atoms with Crippen LogP contribution in [0.3, 0.4) is 0 Å². The minimum absolute atomic E-state index is 0.0487. The molecule has 0 atom stereocenters. The Labute approximate surface area is 87.2 Å². The van der Waals surface area contributed by atoms with Crippen LogP contribution >= 0.6 is 23.1 Å². The van der Waals surface area contributed by atoms with Gasteiger partial charge < -0.3 is 5.11 Å². The van der Waals surface area contributed by atoms with Crippen LogP contribution in [0.4, 0.5) is 0 Å². The second kappa shape index (κ2) is 3.50. The van der Waals surface area contributed by atoms with Crippen molar-refractivity contribution < 1.29 is 9.90 Å². The molecule has 0 fully saturated rings. The fraction of sp³-hybridized carbons (Fsp3) is 0.143. The van der Waals surface area contributed by atoms with Gasteiger partial charge in [-0.15, -0.1) is 0 Å². The quantitative estimate of drug-likeness (QED) is 0.619. The maximum absolute atomic E-state index is 10.6. The second-order valence-corrected chi connectivity index (χ2v) is 4.12. The Morgan fingerprint density at radius 2 is 2.36 bits per heavy atom. The van der Waals surface area contributed by atoms with Crippen LogP contribution in [0.5, 0.6) is 0 Å². The van der Waals surface area contributed by atoms with E-state index in [1.165, 1.54) is 18.0 Å². The standard InChI is InChI=1S/C7H5N3O2S2/c1-13-7-8-2-3-4(10-7)14-5(9-3)6(11)12/h2H,1H3,(H,11,12).